The molecule has 0 atom stereocenters. The maximum absolute atomic E-state index is 10.6. The number of para-hydroxylation sites is 3. The Bertz CT molecular complexity index is 2260. The minimum atomic E-state index is 0. The maximum atomic E-state index is 10.6. The summed E-state index contributed by atoms with van der Waals surface area (Å²) in [7, 11) is 1.97. The minimum absolute atomic E-state index is 0. The topological polar surface area (TPSA) is 64.1 Å². The fourth-order valence-electron chi connectivity index (χ4n) is 5.65. The Kier molecular flexibility index (Phi) is 5.99. The molecule has 5 nitrogen and oxygen atoms in total. The number of aryl methyl sites for hydroxylation is 1. The molecule has 6 heteroatoms. The zero-order chi connectivity index (χ0) is 26.8. The van der Waals surface area contributed by atoms with Crippen molar-refractivity contribution in [2.75, 3.05) is 0 Å². The SMILES string of the molecule is Cn1c(-c2ccccc2O)nc2c(-c3[c-]c(-c4cc5ccccc5cn4)c4oc5ccccc5c4c3)cccc21.[Pt]. The number of aromatic nitrogens is 3. The molecule has 0 amide bonds. The average molecular weight is 712 g/mol. The molecule has 0 aliphatic heterocycles. The van der Waals surface area contributed by atoms with Gasteiger partial charge in [-0.2, -0.15) is 0 Å². The minimum Gasteiger partial charge on any atom is -0.507 e. The first-order chi connectivity index (χ1) is 19.7. The molecule has 3 heterocycles. The first-order valence-electron chi connectivity index (χ1n) is 13.1. The van der Waals surface area contributed by atoms with E-state index in [1.165, 1.54) is 0 Å². The van der Waals surface area contributed by atoms with Crippen LogP contribution in [0.15, 0.2) is 114 Å². The molecule has 0 aliphatic carbocycles. The molecule has 3 aromatic heterocycles. The Balaban J connectivity index is 0.00000276. The van der Waals surface area contributed by atoms with Crippen molar-refractivity contribution >= 4 is 43.7 Å². The number of pyridine rings is 1. The molecule has 0 spiro atoms. The first kappa shape index (κ1) is 25.3. The molecule has 8 rings (SSSR count). The van der Waals surface area contributed by atoms with Crippen molar-refractivity contribution in [3.63, 3.8) is 0 Å². The third-order valence-corrected chi connectivity index (χ3v) is 7.64. The largest absolute Gasteiger partial charge is 0.507 e. The van der Waals surface area contributed by atoms with Crippen molar-refractivity contribution < 1.29 is 30.6 Å². The summed E-state index contributed by atoms with van der Waals surface area (Å²) < 4.78 is 8.42. The number of rotatable bonds is 3. The van der Waals surface area contributed by atoms with Gasteiger partial charge in [0.05, 0.1) is 22.2 Å². The van der Waals surface area contributed by atoms with Crippen LogP contribution in [0.25, 0.3) is 77.5 Å². The number of phenolic OH excluding ortho intramolecular Hbond substituents is 1. The fraction of sp³-hybridized carbons (Fsp3) is 0.0286. The Labute approximate surface area is 250 Å². The van der Waals surface area contributed by atoms with Crippen LogP contribution in [0, 0.1) is 6.07 Å². The van der Waals surface area contributed by atoms with Gasteiger partial charge in [0.1, 0.15) is 17.2 Å². The van der Waals surface area contributed by atoms with E-state index in [4.69, 9.17) is 14.4 Å². The van der Waals surface area contributed by atoms with Crippen molar-refractivity contribution in [2.45, 2.75) is 0 Å². The maximum Gasteiger partial charge on any atom is 0.143 e. The first-order valence-corrected chi connectivity index (χ1v) is 13.1. The van der Waals surface area contributed by atoms with Gasteiger partial charge in [-0.25, -0.2) is 4.98 Å². The van der Waals surface area contributed by atoms with Gasteiger partial charge in [0, 0.05) is 45.4 Å². The standard InChI is InChI=1S/C35H22N3O2.Pt/c1-38-30-14-8-13-24(33(30)37-35(38)26-12-4-6-15-31(26)39)23-17-27-25-11-5-7-16-32(25)40-34(27)28(18-23)29-19-21-9-2-3-10-22(21)20-36-29;/h2-17,19-20,39H,1H3;/q-1;. The molecule has 0 radical (unpaired) electrons. The van der Waals surface area contributed by atoms with Gasteiger partial charge < -0.3 is 14.1 Å². The summed E-state index contributed by atoms with van der Waals surface area (Å²) in [6.07, 6.45) is 1.90. The molecular formula is C35H22N3O2Pt-. The van der Waals surface area contributed by atoms with Gasteiger partial charge in [0.2, 0.25) is 0 Å². The third-order valence-electron chi connectivity index (χ3n) is 7.64. The fourth-order valence-corrected chi connectivity index (χ4v) is 5.65. The van der Waals surface area contributed by atoms with Gasteiger partial charge in [-0.3, -0.25) is 4.98 Å². The predicted molar refractivity (Wildman–Crippen MR) is 160 cm³/mol. The van der Waals surface area contributed by atoms with Crippen molar-refractivity contribution in [1.29, 1.82) is 0 Å². The Morgan fingerprint density at radius 2 is 1.54 bits per heavy atom. The van der Waals surface area contributed by atoms with Crippen molar-refractivity contribution in [3.05, 3.63) is 115 Å². The number of phenols is 1. The number of hydrogen-bond acceptors (Lipinski definition) is 4. The van der Waals surface area contributed by atoms with Gasteiger partial charge in [-0.1, -0.05) is 83.9 Å². The molecule has 0 unspecified atom stereocenters. The number of benzene rings is 5. The smallest absolute Gasteiger partial charge is 0.143 e. The van der Waals surface area contributed by atoms with E-state index in [2.05, 4.69) is 42.5 Å². The Hall–Kier alpha value is -4.73. The Morgan fingerprint density at radius 1 is 0.780 bits per heavy atom. The molecular weight excluding hydrogens is 689 g/mol. The van der Waals surface area contributed by atoms with Crippen LogP contribution in [0.2, 0.25) is 0 Å². The summed E-state index contributed by atoms with van der Waals surface area (Å²) in [4.78, 5) is 9.86. The second-order valence-electron chi connectivity index (χ2n) is 10.0. The molecule has 0 fully saturated rings. The molecule has 8 aromatic rings. The van der Waals surface area contributed by atoms with Crippen LogP contribution in [-0.2, 0) is 28.1 Å². The summed E-state index contributed by atoms with van der Waals surface area (Å²) in [6, 6.07) is 37.6. The Morgan fingerprint density at radius 3 is 2.41 bits per heavy atom. The molecule has 0 aliphatic rings. The van der Waals surface area contributed by atoms with Crippen LogP contribution >= 0.6 is 0 Å². The molecule has 200 valence electrons. The van der Waals surface area contributed by atoms with E-state index in [0.29, 0.717) is 11.4 Å². The normalized spacial score (nSPS) is 11.4. The van der Waals surface area contributed by atoms with Crippen molar-refractivity contribution in [3.8, 4) is 39.5 Å². The van der Waals surface area contributed by atoms with E-state index in [0.717, 1.165) is 66.1 Å². The molecule has 0 bridgehead atoms. The molecule has 1 N–H and O–H groups in total. The summed E-state index contributed by atoms with van der Waals surface area (Å²) in [6.45, 7) is 0. The van der Waals surface area contributed by atoms with Crippen LogP contribution in [0.4, 0.5) is 0 Å². The molecule has 0 saturated carbocycles. The van der Waals surface area contributed by atoms with Gasteiger partial charge in [-0.05, 0) is 40.4 Å². The van der Waals surface area contributed by atoms with E-state index in [-0.39, 0.29) is 26.8 Å². The number of fused-ring (bicyclic) bond motifs is 5. The van der Waals surface area contributed by atoms with Gasteiger partial charge in [-0.15, -0.1) is 17.7 Å². The van der Waals surface area contributed by atoms with Crippen molar-refractivity contribution in [1.82, 2.24) is 14.5 Å². The van der Waals surface area contributed by atoms with Gasteiger partial charge in [0.15, 0.2) is 0 Å². The van der Waals surface area contributed by atoms with E-state index >= 15 is 0 Å². The summed E-state index contributed by atoms with van der Waals surface area (Å²) in [5.41, 5.74) is 7.53. The van der Waals surface area contributed by atoms with Gasteiger partial charge in [0.25, 0.3) is 0 Å². The monoisotopic (exact) mass is 711 g/mol. The van der Waals surface area contributed by atoms with Crippen molar-refractivity contribution in [2.24, 2.45) is 7.05 Å². The zero-order valence-electron chi connectivity index (χ0n) is 21.9. The van der Waals surface area contributed by atoms with E-state index in [1.54, 1.807) is 6.07 Å². The van der Waals surface area contributed by atoms with Gasteiger partial charge >= 0.3 is 0 Å². The molecule has 5 aromatic carbocycles. The predicted octanol–water partition coefficient (Wildman–Crippen LogP) is 8.53. The number of aromatic hydroxyl groups is 1. The average Bonchev–Trinajstić information content (AvgIpc) is 3.54. The van der Waals surface area contributed by atoms with E-state index in [9.17, 15) is 5.11 Å². The number of hydrogen-bond donors (Lipinski definition) is 1. The zero-order valence-corrected chi connectivity index (χ0v) is 24.2. The molecule has 41 heavy (non-hydrogen) atoms. The number of nitrogens with zero attached hydrogens (tertiary/aromatic N) is 3. The van der Waals surface area contributed by atoms with E-state index in [1.807, 2.05) is 78.5 Å². The molecule has 0 saturated heterocycles. The van der Waals surface area contributed by atoms with Crippen LogP contribution in [0.5, 0.6) is 5.75 Å². The third kappa shape index (κ3) is 3.96. The summed E-state index contributed by atoms with van der Waals surface area (Å²) >= 11 is 0. The number of imidazole rings is 1. The number of furan rings is 1. The van der Waals surface area contributed by atoms with Crippen LogP contribution in [0.3, 0.4) is 0 Å². The van der Waals surface area contributed by atoms with Crippen LogP contribution in [-0.4, -0.2) is 19.6 Å². The quantitative estimate of drug-likeness (QED) is 0.187. The summed E-state index contributed by atoms with van der Waals surface area (Å²) in [5, 5.41) is 14.8. The van der Waals surface area contributed by atoms with E-state index < -0.39 is 0 Å². The summed E-state index contributed by atoms with van der Waals surface area (Å²) in [5.74, 6) is 0.900. The van der Waals surface area contributed by atoms with Crippen LogP contribution < -0.4 is 0 Å². The second kappa shape index (κ2) is 9.72. The van der Waals surface area contributed by atoms with Crippen LogP contribution in [0.1, 0.15) is 0 Å². The second-order valence-corrected chi connectivity index (χ2v) is 10.0.